The molecular formula is C29H22N4O3. The molecule has 0 saturated heterocycles. The Hall–Kier alpha value is -5.09. The van der Waals surface area contributed by atoms with E-state index < -0.39 is 5.91 Å². The van der Waals surface area contributed by atoms with Gasteiger partial charge < -0.3 is 14.5 Å². The van der Waals surface area contributed by atoms with E-state index in [0.29, 0.717) is 34.0 Å². The number of carbonyl (C=O) groups is 1. The van der Waals surface area contributed by atoms with Crippen molar-refractivity contribution in [1.29, 1.82) is 5.26 Å². The number of hydrogen-bond donors (Lipinski definition) is 1. The van der Waals surface area contributed by atoms with E-state index in [1.165, 1.54) is 6.08 Å². The predicted molar refractivity (Wildman–Crippen MR) is 139 cm³/mol. The van der Waals surface area contributed by atoms with E-state index in [1.807, 2.05) is 79.7 Å². The zero-order valence-corrected chi connectivity index (χ0v) is 19.7. The van der Waals surface area contributed by atoms with Crippen molar-refractivity contribution >= 4 is 28.6 Å². The normalized spacial score (nSPS) is 11.3. The molecule has 1 amide bonds. The summed E-state index contributed by atoms with van der Waals surface area (Å²) < 4.78 is 13.3. The van der Waals surface area contributed by atoms with Crippen molar-refractivity contribution < 1.29 is 13.9 Å². The Morgan fingerprint density at radius 2 is 1.86 bits per heavy atom. The molecule has 0 unspecified atom stereocenters. The van der Waals surface area contributed by atoms with E-state index in [0.717, 1.165) is 16.6 Å². The summed E-state index contributed by atoms with van der Waals surface area (Å²) in [5, 5.41) is 18.2. The fraction of sp³-hybridized carbons (Fsp3) is 0.0690. The summed E-state index contributed by atoms with van der Waals surface area (Å²) in [6, 6.07) is 26.5. The van der Waals surface area contributed by atoms with Crippen LogP contribution in [0.3, 0.4) is 0 Å². The molecule has 2 heterocycles. The lowest BCUT2D eigenvalue weighted by atomic mass is 10.1. The fourth-order valence-electron chi connectivity index (χ4n) is 3.85. The summed E-state index contributed by atoms with van der Waals surface area (Å²) in [7, 11) is 1.58. The molecule has 2 aromatic heterocycles. The molecule has 176 valence electrons. The van der Waals surface area contributed by atoms with Gasteiger partial charge in [0.25, 0.3) is 5.91 Å². The molecule has 0 atom stereocenters. The Bertz CT molecular complexity index is 1620. The van der Waals surface area contributed by atoms with Crippen LogP contribution in [-0.4, -0.2) is 22.8 Å². The molecule has 0 aliphatic heterocycles. The van der Waals surface area contributed by atoms with Gasteiger partial charge in [-0.2, -0.15) is 10.4 Å². The number of nitrogens with zero attached hydrogens (tertiary/aromatic N) is 3. The monoisotopic (exact) mass is 474 g/mol. The van der Waals surface area contributed by atoms with Gasteiger partial charge >= 0.3 is 0 Å². The molecule has 7 nitrogen and oxygen atoms in total. The number of ether oxygens (including phenoxy) is 1. The van der Waals surface area contributed by atoms with Gasteiger partial charge in [-0.05, 0) is 49.4 Å². The van der Waals surface area contributed by atoms with E-state index in [9.17, 15) is 10.1 Å². The lowest BCUT2D eigenvalue weighted by Crippen LogP contribution is -2.13. The van der Waals surface area contributed by atoms with Crippen LogP contribution in [0, 0.1) is 18.3 Å². The summed E-state index contributed by atoms with van der Waals surface area (Å²) in [4.78, 5) is 12.9. The highest BCUT2D eigenvalue weighted by atomic mass is 16.5. The number of aryl methyl sites for hydroxylation is 1. The third-order valence-electron chi connectivity index (χ3n) is 5.70. The lowest BCUT2D eigenvalue weighted by molar-refractivity contribution is -0.112. The number of fused-ring (bicyclic) bond motifs is 1. The Kier molecular flexibility index (Phi) is 6.08. The molecule has 36 heavy (non-hydrogen) atoms. The summed E-state index contributed by atoms with van der Waals surface area (Å²) in [5.41, 5.74) is 4.10. The number of nitrogens with one attached hydrogen (secondary N) is 1. The van der Waals surface area contributed by atoms with Gasteiger partial charge in [0.15, 0.2) is 17.1 Å². The Balaban J connectivity index is 1.59. The van der Waals surface area contributed by atoms with Crippen molar-refractivity contribution in [1.82, 2.24) is 9.78 Å². The highest BCUT2D eigenvalue weighted by Crippen LogP contribution is 2.35. The molecule has 1 N–H and O–H groups in total. The van der Waals surface area contributed by atoms with Crippen LogP contribution in [0.5, 0.6) is 5.75 Å². The second kappa shape index (κ2) is 9.65. The van der Waals surface area contributed by atoms with Crippen molar-refractivity contribution in [2.24, 2.45) is 0 Å². The zero-order valence-electron chi connectivity index (χ0n) is 19.7. The highest BCUT2D eigenvalue weighted by molar-refractivity contribution is 6.10. The molecule has 0 spiro atoms. The maximum atomic E-state index is 12.9. The number of hydrogen-bond acceptors (Lipinski definition) is 5. The van der Waals surface area contributed by atoms with Crippen LogP contribution in [0.1, 0.15) is 11.1 Å². The van der Waals surface area contributed by atoms with Crippen LogP contribution in [0.4, 0.5) is 5.69 Å². The van der Waals surface area contributed by atoms with Crippen LogP contribution < -0.4 is 10.1 Å². The first-order valence-electron chi connectivity index (χ1n) is 11.3. The first kappa shape index (κ1) is 22.7. The average Bonchev–Trinajstić information content (AvgIpc) is 3.53. The number of para-hydroxylation sites is 2. The maximum absolute atomic E-state index is 12.9. The molecule has 3 aromatic carbocycles. The van der Waals surface area contributed by atoms with E-state index >= 15 is 0 Å². The number of methoxy groups -OCH3 is 1. The summed E-state index contributed by atoms with van der Waals surface area (Å²) >= 11 is 0. The lowest BCUT2D eigenvalue weighted by Gasteiger charge is -2.04. The molecule has 5 rings (SSSR count). The van der Waals surface area contributed by atoms with Gasteiger partial charge in [-0.3, -0.25) is 4.79 Å². The molecule has 0 radical (unpaired) electrons. The third kappa shape index (κ3) is 4.48. The van der Waals surface area contributed by atoms with E-state index in [2.05, 4.69) is 5.32 Å². The molecule has 0 aliphatic rings. The number of aromatic nitrogens is 2. The van der Waals surface area contributed by atoms with Crippen molar-refractivity contribution in [3.05, 3.63) is 102 Å². The fourth-order valence-corrected chi connectivity index (χ4v) is 3.85. The van der Waals surface area contributed by atoms with Crippen molar-refractivity contribution in [3.8, 4) is 29.0 Å². The molecule has 5 aromatic rings. The second-order valence-electron chi connectivity index (χ2n) is 8.19. The number of carbonyl (C=O) groups excluding carboxylic acids is 1. The SMILES string of the molecule is COc1cccc2cc(-c3nn(-c4ccccc4)cc3C=C(C#N)C(=O)Nc3ccc(C)cc3)oc12. The average molecular weight is 475 g/mol. The summed E-state index contributed by atoms with van der Waals surface area (Å²) in [5.74, 6) is 0.589. The number of benzene rings is 3. The largest absolute Gasteiger partial charge is 0.493 e. The number of anilines is 1. The van der Waals surface area contributed by atoms with Gasteiger partial charge in [0, 0.05) is 22.8 Å². The number of nitriles is 1. The minimum atomic E-state index is -0.508. The minimum absolute atomic E-state index is 0.0573. The molecule has 0 saturated carbocycles. The van der Waals surface area contributed by atoms with E-state index in [1.54, 1.807) is 30.1 Å². The second-order valence-corrected chi connectivity index (χ2v) is 8.19. The van der Waals surface area contributed by atoms with Gasteiger partial charge in [0.2, 0.25) is 0 Å². The van der Waals surface area contributed by atoms with Crippen LogP contribution >= 0.6 is 0 Å². The van der Waals surface area contributed by atoms with Gasteiger partial charge in [-0.1, -0.05) is 48.0 Å². The van der Waals surface area contributed by atoms with Gasteiger partial charge in [-0.25, -0.2) is 4.68 Å². The summed E-state index contributed by atoms with van der Waals surface area (Å²) in [6.07, 6.45) is 3.29. The Morgan fingerprint density at radius 1 is 1.08 bits per heavy atom. The van der Waals surface area contributed by atoms with Crippen molar-refractivity contribution in [2.45, 2.75) is 6.92 Å². The zero-order chi connectivity index (χ0) is 25.1. The number of amides is 1. The predicted octanol–water partition coefficient (Wildman–Crippen LogP) is 6.15. The molecule has 0 aliphatic carbocycles. The van der Waals surface area contributed by atoms with E-state index in [4.69, 9.17) is 14.3 Å². The molecule has 0 fully saturated rings. The Labute approximate surface area is 207 Å². The van der Waals surface area contributed by atoms with Gasteiger partial charge in [0.05, 0.1) is 12.8 Å². The quantitative estimate of drug-likeness (QED) is 0.235. The number of rotatable bonds is 6. The van der Waals surface area contributed by atoms with Gasteiger partial charge in [0.1, 0.15) is 17.3 Å². The minimum Gasteiger partial charge on any atom is -0.493 e. The van der Waals surface area contributed by atoms with E-state index in [-0.39, 0.29) is 5.57 Å². The molecular weight excluding hydrogens is 452 g/mol. The maximum Gasteiger partial charge on any atom is 0.266 e. The van der Waals surface area contributed by atoms with Crippen LogP contribution in [0.25, 0.3) is 34.2 Å². The standard InChI is InChI=1S/C29H22N4O3/c1-19-11-13-23(14-12-19)31-29(34)21(17-30)15-22-18-33(24-8-4-3-5-9-24)32-27(22)26-16-20-7-6-10-25(35-2)28(20)36-26/h3-16,18H,1-2H3,(H,31,34). The number of furan rings is 1. The molecule has 7 heteroatoms. The van der Waals surface area contributed by atoms with Gasteiger partial charge in [-0.15, -0.1) is 0 Å². The Morgan fingerprint density at radius 3 is 2.58 bits per heavy atom. The molecule has 0 bridgehead atoms. The first-order valence-corrected chi connectivity index (χ1v) is 11.3. The first-order chi connectivity index (χ1) is 17.6. The highest BCUT2D eigenvalue weighted by Gasteiger charge is 2.19. The third-order valence-corrected chi connectivity index (χ3v) is 5.70. The summed E-state index contributed by atoms with van der Waals surface area (Å²) in [6.45, 7) is 1.96. The van der Waals surface area contributed by atoms with Crippen molar-refractivity contribution in [3.63, 3.8) is 0 Å². The van der Waals surface area contributed by atoms with Crippen LogP contribution in [0.2, 0.25) is 0 Å². The van der Waals surface area contributed by atoms with Crippen LogP contribution in [0.15, 0.2) is 95.0 Å². The van der Waals surface area contributed by atoms with Crippen molar-refractivity contribution in [2.75, 3.05) is 12.4 Å². The van der Waals surface area contributed by atoms with Crippen LogP contribution in [-0.2, 0) is 4.79 Å². The smallest absolute Gasteiger partial charge is 0.266 e. The topological polar surface area (TPSA) is 93.1 Å².